The summed E-state index contributed by atoms with van der Waals surface area (Å²) >= 11 is 0. The van der Waals surface area contributed by atoms with Gasteiger partial charge in [-0.1, -0.05) is 12.8 Å². The Morgan fingerprint density at radius 1 is 1.35 bits per heavy atom. The van der Waals surface area contributed by atoms with E-state index in [1.54, 1.807) is 0 Å². The predicted octanol–water partition coefficient (Wildman–Crippen LogP) is 1.54. The van der Waals surface area contributed by atoms with E-state index in [-0.39, 0.29) is 0 Å². The third kappa shape index (κ3) is 5.03. The number of nitriles is 1. The average Bonchev–Trinajstić information content (AvgIpc) is 2.68. The molecule has 0 fully saturated rings. The van der Waals surface area contributed by atoms with Crippen molar-refractivity contribution >= 4 is 0 Å². The molecule has 94 valence electrons. The van der Waals surface area contributed by atoms with Crippen LogP contribution in [0.4, 0.5) is 0 Å². The minimum Gasteiger partial charge on any atom is -0.396 e. The Labute approximate surface area is 103 Å². The van der Waals surface area contributed by atoms with Crippen molar-refractivity contribution in [2.75, 3.05) is 13.2 Å². The molecule has 0 aliphatic rings. The van der Waals surface area contributed by atoms with Crippen LogP contribution >= 0.6 is 0 Å². The molecule has 4 nitrogen and oxygen atoms in total. The summed E-state index contributed by atoms with van der Waals surface area (Å²) in [7, 11) is 1.89. The zero-order chi connectivity index (χ0) is 12.5. The lowest BCUT2D eigenvalue weighted by molar-refractivity contribution is 0.282. The summed E-state index contributed by atoms with van der Waals surface area (Å²) < 4.78 is 1.85. The maximum Gasteiger partial charge on any atom is 0.120 e. The minimum atomic E-state index is 0.300. The van der Waals surface area contributed by atoms with Crippen LogP contribution in [0.5, 0.6) is 0 Å². The van der Waals surface area contributed by atoms with E-state index in [1.807, 2.05) is 23.9 Å². The Balaban J connectivity index is 2.12. The number of hydrogen-bond acceptors (Lipinski definition) is 3. The van der Waals surface area contributed by atoms with E-state index in [0.29, 0.717) is 12.3 Å². The van der Waals surface area contributed by atoms with Crippen LogP contribution in [0.2, 0.25) is 0 Å². The van der Waals surface area contributed by atoms with Crippen LogP contribution in [0, 0.1) is 11.3 Å². The van der Waals surface area contributed by atoms with Gasteiger partial charge in [-0.25, -0.2) is 0 Å². The van der Waals surface area contributed by atoms with Crippen molar-refractivity contribution in [1.82, 2.24) is 9.88 Å². The van der Waals surface area contributed by atoms with Crippen LogP contribution in [0.15, 0.2) is 12.3 Å². The SMILES string of the molecule is Cn1cc(CNCCCCCCO)cc1C#N. The fourth-order valence-electron chi connectivity index (χ4n) is 1.79. The zero-order valence-electron chi connectivity index (χ0n) is 10.4. The molecule has 0 amide bonds. The van der Waals surface area contributed by atoms with Gasteiger partial charge in [0, 0.05) is 26.4 Å². The van der Waals surface area contributed by atoms with Crippen molar-refractivity contribution in [2.24, 2.45) is 7.05 Å². The molecule has 4 heteroatoms. The maximum atomic E-state index is 8.81. The molecule has 0 spiro atoms. The number of aliphatic hydroxyl groups is 1. The van der Waals surface area contributed by atoms with Gasteiger partial charge in [0.15, 0.2) is 0 Å². The summed E-state index contributed by atoms with van der Waals surface area (Å²) in [5, 5.41) is 20.8. The van der Waals surface area contributed by atoms with Crippen molar-refractivity contribution in [2.45, 2.75) is 32.2 Å². The van der Waals surface area contributed by atoms with Crippen molar-refractivity contribution < 1.29 is 5.11 Å². The molecule has 1 heterocycles. The van der Waals surface area contributed by atoms with Gasteiger partial charge < -0.3 is 15.0 Å². The Morgan fingerprint density at radius 2 is 2.12 bits per heavy atom. The molecule has 0 aromatic carbocycles. The quantitative estimate of drug-likeness (QED) is 0.672. The molecule has 0 bridgehead atoms. The predicted molar refractivity (Wildman–Crippen MR) is 67.4 cm³/mol. The van der Waals surface area contributed by atoms with Gasteiger partial charge in [0.1, 0.15) is 11.8 Å². The van der Waals surface area contributed by atoms with E-state index >= 15 is 0 Å². The fraction of sp³-hybridized carbons (Fsp3) is 0.615. The second-order valence-corrected chi connectivity index (χ2v) is 4.27. The van der Waals surface area contributed by atoms with Crippen LogP contribution in [-0.2, 0) is 13.6 Å². The molecule has 0 saturated carbocycles. The van der Waals surface area contributed by atoms with Crippen molar-refractivity contribution in [3.63, 3.8) is 0 Å². The summed E-state index contributed by atoms with van der Waals surface area (Å²) in [5.74, 6) is 0. The molecule has 0 radical (unpaired) electrons. The molecule has 2 N–H and O–H groups in total. The first-order chi connectivity index (χ1) is 8.27. The topological polar surface area (TPSA) is 61.0 Å². The molecular weight excluding hydrogens is 214 g/mol. The highest BCUT2D eigenvalue weighted by atomic mass is 16.2. The first kappa shape index (κ1) is 13.8. The van der Waals surface area contributed by atoms with Crippen molar-refractivity contribution in [3.05, 3.63) is 23.5 Å². The van der Waals surface area contributed by atoms with E-state index in [4.69, 9.17) is 10.4 Å². The monoisotopic (exact) mass is 235 g/mol. The molecule has 0 unspecified atom stereocenters. The lowest BCUT2D eigenvalue weighted by Crippen LogP contribution is -2.14. The van der Waals surface area contributed by atoms with Crippen LogP contribution in [-0.4, -0.2) is 22.8 Å². The number of aryl methyl sites for hydroxylation is 1. The molecule has 0 atom stereocenters. The number of nitrogens with zero attached hydrogens (tertiary/aromatic N) is 2. The van der Waals surface area contributed by atoms with E-state index in [9.17, 15) is 0 Å². The highest BCUT2D eigenvalue weighted by molar-refractivity contribution is 5.28. The summed E-state index contributed by atoms with van der Waals surface area (Å²) in [6.45, 7) is 2.10. The molecule has 1 aromatic heterocycles. The molecule has 0 aliphatic heterocycles. The summed E-state index contributed by atoms with van der Waals surface area (Å²) in [4.78, 5) is 0. The summed E-state index contributed by atoms with van der Waals surface area (Å²) in [6, 6.07) is 4.07. The highest BCUT2D eigenvalue weighted by Crippen LogP contribution is 2.05. The van der Waals surface area contributed by atoms with E-state index in [0.717, 1.165) is 44.3 Å². The minimum absolute atomic E-state index is 0.300. The zero-order valence-corrected chi connectivity index (χ0v) is 10.4. The van der Waals surface area contributed by atoms with Crippen LogP contribution in [0.25, 0.3) is 0 Å². The Bertz CT molecular complexity index is 365. The Morgan fingerprint density at radius 3 is 2.76 bits per heavy atom. The lowest BCUT2D eigenvalue weighted by Gasteiger charge is -2.02. The number of aliphatic hydroxyl groups excluding tert-OH is 1. The van der Waals surface area contributed by atoms with Gasteiger partial charge >= 0.3 is 0 Å². The second-order valence-electron chi connectivity index (χ2n) is 4.27. The normalized spacial score (nSPS) is 10.4. The number of unbranched alkanes of at least 4 members (excludes halogenated alkanes) is 3. The summed E-state index contributed by atoms with van der Waals surface area (Å²) in [6.07, 6.45) is 6.29. The first-order valence-electron chi connectivity index (χ1n) is 6.15. The fourth-order valence-corrected chi connectivity index (χ4v) is 1.79. The van der Waals surface area contributed by atoms with Crippen LogP contribution < -0.4 is 5.32 Å². The summed E-state index contributed by atoms with van der Waals surface area (Å²) in [5.41, 5.74) is 1.85. The van der Waals surface area contributed by atoms with E-state index in [2.05, 4.69) is 11.4 Å². The number of hydrogen-bond donors (Lipinski definition) is 2. The van der Waals surface area contributed by atoms with Gasteiger partial charge in [-0.2, -0.15) is 5.26 Å². The van der Waals surface area contributed by atoms with E-state index < -0.39 is 0 Å². The molecule has 17 heavy (non-hydrogen) atoms. The standard InChI is InChI=1S/C13H21N3O/c1-16-11-12(8-13(16)9-14)10-15-6-4-2-3-5-7-17/h8,11,15,17H,2-7,10H2,1H3. The third-order valence-electron chi connectivity index (χ3n) is 2.77. The van der Waals surface area contributed by atoms with E-state index in [1.165, 1.54) is 0 Å². The molecule has 0 saturated heterocycles. The number of aromatic nitrogens is 1. The lowest BCUT2D eigenvalue weighted by atomic mass is 10.2. The van der Waals surface area contributed by atoms with Gasteiger partial charge in [-0.3, -0.25) is 0 Å². The Kier molecular flexibility index (Phi) is 6.38. The first-order valence-corrected chi connectivity index (χ1v) is 6.15. The largest absolute Gasteiger partial charge is 0.396 e. The van der Waals surface area contributed by atoms with Crippen LogP contribution in [0.1, 0.15) is 36.9 Å². The third-order valence-corrected chi connectivity index (χ3v) is 2.77. The molecule has 1 aromatic rings. The van der Waals surface area contributed by atoms with Crippen LogP contribution in [0.3, 0.4) is 0 Å². The van der Waals surface area contributed by atoms with Gasteiger partial charge in [0.05, 0.1) is 0 Å². The highest BCUT2D eigenvalue weighted by Gasteiger charge is 2.01. The van der Waals surface area contributed by atoms with Gasteiger partial charge in [-0.15, -0.1) is 0 Å². The molecule has 1 rings (SSSR count). The van der Waals surface area contributed by atoms with Gasteiger partial charge in [0.25, 0.3) is 0 Å². The maximum absolute atomic E-state index is 8.81. The average molecular weight is 235 g/mol. The number of rotatable bonds is 8. The van der Waals surface area contributed by atoms with Crippen molar-refractivity contribution in [1.29, 1.82) is 5.26 Å². The molecular formula is C13H21N3O. The smallest absolute Gasteiger partial charge is 0.120 e. The second kappa shape index (κ2) is 7.88. The van der Waals surface area contributed by atoms with Gasteiger partial charge in [0.2, 0.25) is 0 Å². The van der Waals surface area contributed by atoms with Crippen molar-refractivity contribution in [3.8, 4) is 6.07 Å². The number of nitrogens with one attached hydrogen (secondary N) is 1. The molecule has 0 aliphatic carbocycles. The Hall–Kier alpha value is -1.31. The van der Waals surface area contributed by atoms with Gasteiger partial charge in [-0.05, 0) is 31.0 Å².